The summed E-state index contributed by atoms with van der Waals surface area (Å²) >= 11 is 0. The lowest BCUT2D eigenvalue weighted by molar-refractivity contribution is 0.604. The summed E-state index contributed by atoms with van der Waals surface area (Å²) in [6.45, 7) is 8.13. The van der Waals surface area contributed by atoms with E-state index in [0.717, 1.165) is 19.3 Å². The van der Waals surface area contributed by atoms with Gasteiger partial charge in [0.15, 0.2) is 0 Å². The molecule has 0 aromatic rings. The van der Waals surface area contributed by atoms with Crippen molar-refractivity contribution in [2.75, 3.05) is 0 Å². The van der Waals surface area contributed by atoms with E-state index in [-0.39, 0.29) is 0 Å². The summed E-state index contributed by atoms with van der Waals surface area (Å²) in [7, 11) is 0. The summed E-state index contributed by atoms with van der Waals surface area (Å²) < 4.78 is 0. The maximum absolute atomic E-state index is 3.72. The molecule has 0 bridgehead atoms. The van der Waals surface area contributed by atoms with Gasteiger partial charge >= 0.3 is 0 Å². The molecule has 0 aliphatic rings. The van der Waals surface area contributed by atoms with E-state index < -0.39 is 0 Å². The van der Waals surface area contributed by atoms with Crippen molar-refractivity contribution in [1.82, 2.24) is 0 Å². The molecule has 0 heterocycles. The Morgan fingerprint density at radius 3 is 2.67 bits per heavy atom. The second-order valence-electron chi connectivity index (χ2n) is 3.23. The fourth-order valence-corrected chi connectivity index (χ4v) is 0.961. The molecular weight excluding hydrogens is 144 g/mol. The van der Waals surface area contributed by atoms with E-state index in [9.17, 15) is 0 Å². The van der Waals surface area contributed by atoms with Gasteiger partial charge in [-0.1, -0.05) is 26.3 Å². The third-order valence-electron chi connectivity index (χ3n) is 1.76. The van der Waals surface area contributed by atoms with Crippen molar-refractivity contribution in [1.29, 1.82) is 0 Å². The van der Waals surface area contributed by atoms with Crippen molar-refractivity contribution in [3.63, 3.8) is 0 Å². The van der Waals surface area contributed by atoms with Gasteiger partial charge in [-0.25, -0.2) is 0 Å². The molecule has 0 fully saturated rings. The molecule has 0 aliphatic carbocycles. The van der Waals surface area contributed by atoms with Crippen LogP contribution in [0.3, 0.4) is 0 Å². The van der Waals surface area contributed by atoms with Crippen LogP contribution in [0.1, 0.15) is 39.5 Å². The predicted molar refractivity (Wildman–Crippen MR) is 56.2 cm³/mol. The summed E-state index contributed by atoms with van der Waals surface area (Å²) in [4.78, 5) is 0. The standard InChI is InChI=1S/C12H20/c1-4-6-7-8-9-11-12(3)10-5-2/h5,7,9,12H,2,4,6,10-11H2,1,3H3. The fraction of sp³-hybridized carbons (Fsp3) is 0.583. The molecule has 0 radical (unpaired) electrons. The van der Waals surface area contributed by atoms with Gasteiger partial charge < -0.3 is 0 Å². The van der Waals surface area contributed by atoms with Gasteiger partial charge in [0, 0.05) is 0 Å². The Labute approximate surface area is 76.7 Å². The van der Waals surface area contributed by atoms with Crippen molar-refractivity contribution in [3.05, 3.63) is 30.5 Å². The van der Waals surface area contributed by atoms with Crippen molar-refractivity contribution in [3.8, 4) is 0 Å². The quantitative estimate of drug-likeness (QED) is 0.409. The Kier molecular flexibility index (Phi) is 7.84. The maximum atomic E-state index is 3.72. The lowest BCUT2D eigenvalue weighted by Gasteiger charge is -2.01. The van der Waals surface area contributed by atoms with Crippen LogP contribution in [0.2, 0.25) is 0 Å². The van der Waals surface area contributed by atoms with Gasteiger partial charge in [-0.05, 0) is 37.3 Å². The number of hydrogen-bond donors (Lipinski definition) is 0. The van der Waals surface area contributed by atoms with E-state index >= 15 is 0 Å². The van der Waals surface area contributed by atoms with E-state index in [0.29, 0.717) is 5.92 Å². The Balaban J connectivity index is 3.51. The first kappa shape index (κ1) is 11.3. The smallest absolute Gasteiger partial charge is 0.0246 e. The lowest BCUT2D eigenvalue weighted by Crippen LogP contribution is -1.87. The topological polar surface area (TPSA) is 0 Å². The molecule has 0 saturated heterocycles. The van der Waals surface area contributed by atoms with E-state index in [4.69, 9.17) is 0 Å². The van der Waals surface area contributed by atoms with Gasteiger partial charge in [0.25, 0.3) is 0 Å². The highest BCUT2D eigenvalue weighted by Gasteiger charge is 1.93. The van der Waals surface area contributed by atoms with Crippen LogP contribution < -0.4 is 0 Å². The second kappa shape index (κ2) is 8.36. The molecule has 0 aliphatic heterocycles. The van der Waals surface area contributed by atoms with E-state index in [1.165, 1.54) is 6.42 Å². The number of hydrogen-bond acceptors (Lipinski definition) is 0. The molecule has 0 rings (SSSR count). The van der Waals surface area contributed by atoms with Crippen molar-refractivity contribution >= 4 is 0 Å². The average molecular weight is 164 g/mol. The first-order valence-corrected chi connectivity index (χ1v) is 4.81. The Morgan fingerprint density at radius 1 is 1.33 bits per heavy atom. The molecule has 0 aromatic heterocycles. The molecule has 0 aromatic carbocycles. The van der Waals surface area contributed by atoms with Crippen LogP contribution in [0.5, 0.6) is 0 Å². The molecule has 12 heavy (non-hydrogen) atoms. The largest absolute Gasteiger partial charge is 0.130 e. The van der Waals surface area contributed by atoms with Crippen LogP contribution in [-0.2, 0) is 0 Å². The first-order valence-electron chi connectivity index (χ1n) is 4.81. The van der Waals surface area contributed by atoms with Crippen LogP contribution in [0.4, 0.5) is 0 Å². The molecule has 0 N–H and O–H groups in total. The summed E-state index contributed by atoms with van der Waals surface area (Å²) in [6, 6.07) is 0. The van der Waals surface area contributed by atoms with Gasteiger partial charge in [-0.15, -0.1) is 12.3 Å². The van der Waals surface area contributed by atoms with Crippen molar-refractivity contribution in [2.24, 2.45) is 5.92 Å². The minimum atomic E-state index is 0.713. The summed E-state index contributed by atoms with van der Waals surface area (Å²) in [6.07, 6.45) is 10.8. The van der Waals surface area contributed by atoms with Crippen LogP contribution in [0.25, 0.3) is 0 Å². The molecule has 1 unspecified atom stereocenters. The lowest BCUT2D eigenvalue weighted by atomic mass is 10.0. The summed E-state index contributed by atoms with van der Waals surface area (Å²) in [5.41, 5.74) is 3.19. The van der Waals surface area contributed by atoms with Crippen LogP contribution in [-0.4, -0.2) is 0 Å². The Hall–Kier alpha value is -0.740. The monoisotopic (exact) mass is 164 g/mol. The van der Waals surface area contributed by atoms with Gasteiger partial charge in [-0.3, -0.25) is 0 Å². The zero-order valence-electron chi connectivity index (χ0n) is 8.34. The average Bonchev–Trinajstić information content (AvgIpc) is 2.05. The highest BCUT2D eigenvalue weighted by Crippen LogP contribution is 2.07. The normalized spacial score (nSPS) is 11.5. The minimum absolute atomic E-state index is 0.713. The molecule has 0 nitrogen and oxygen atoms in total. The first-order chi connectivity index (χ1) is 5.81. The fourth-order valence-electron chi connectivity index (χ4n) is 0.961. The van der Waals surface area contributed by atoms with Gasteiger partial charge in [0.05, 0.1) is 0 Å². The van der Waals surface area contributed by atoms with Crippen LogP contribution in [0, 0.1) is 5.92 Å². The van der Waals surface area contributed by atoms with Gasteiger partial charge in [0.1, 0.15) is 0 Å². The SMILES string of the molecule is C=CCC(C)CC=C=CCCC. The molecule has 1 atom stereocenters. The van der Waals surface area contributed by atoms with Crippen LogP contribution >= 0.6 is 0 Å². The van der Waals surface area contributed by atoms with Crippen molar-refractivity contribution < 1.29 is 0 Å². The zero-order valence-corrected chi connectivity index (χ0v) is 8.34. The molecular formula is C12H20. The molecule has 0 heteroatoms. The summed E-state index contributed by atoms with van der Waals surface area (Å²) in [5, 5.41) is 0. The Morgan fingerprint density at radius 2 is 2.08 bits per heavy atom. The highest BCUT2D eigenvalue weighted by molar-refractivity contribution is 4.86. The molecule has 0 amide bonds. The minimum Gasteiger partial charge on any atom is -0.130 e. The van der Waals surface area contributed by atoms with Crippen molar-refractivity contribution in [2.45, 2.75) is 39.5 Å². The van der Waals surface area contributed by atoms with E-state index in [2.05, 4.69) is 38.3 Å². The molecule has 68 valence electrons. The van der Waals surface area contributed by atoms with E-state index in [1.54, 1.807) is 0 Å². The predicted octanol–water partition coefficient (Wildman–Crippen LogP) is 4.10. The van der Waals surface area contributed by atoms with E-state index in [1.807, 2.05) is 6.08 Å². The Bertz CT molecular complexity index is 159. The number of unbranched alkanes of at least 4 members (excludes halogenated alkanes) is 1. The number of allylic oxidation sites excluding steroid dienone is 2. The van der Waals surface area contributed by atoms with Crippen LogP contribution in [0.15, 0.2) is 30.5 Å². The molecule has 0 spiro atoms. The molecule has 0 saturated carbocycles. The third kappa shape index (κ3) is 7.37. The highest BCUT2D eigenvalue weighted by atomic mass is 14.0. The maximum Gasteiger partial charge on any atom is -0.0246 e. The second-order valence-corrected chi connectivity index (χ2v) is 3.23. The zero-order chi connectivity index (χ0) is 9.23. The van der Waals surface area contributed by atoms with Gasteiger partial charge in [-0.2, -0.15) is 0 Å². The summed E-state index contributed by atoms with van der Waals surface area (Å²) in [5.74, 6) is 0.713. The number of rotatable bonds is 6. The third-order valence-corrected chi connectivity index (χ3v) is 1.76. The van der Waals surface area contributed by atoms with Gasteiger partial charge in [0.2, 0.25) is 0 Å².